The Kier molecular flexibility index (Phi) is 4.79. The van der Waals surface area contributed by atoms with Gasteiger partial charge in [-0.3, -0.25) is 4.99 Å². The Hall–Kier alpha value is -2.20. The summed E-state index contributed by atoms with van der Waals surface area (Å²) in [6, 6.07) is 8.67. The van der Waals surface area contributed by atoms with Crippen molar-refractivity contribution in [3.8, 4) is 0 Å². The van der Waals surface area contributed by atoms with Gasteiger partial charge in [-0.05, 0) is 80.2 Å². The molecule has 1 saturated heterocycles. The van der Waals surface area contributed by atoms with Crippen LogP contribution in [0.5, 0.6) is 0 Å². The summed E-state index contributed by atoms with van der Waals surface area (Å²) in [6.45, 7) is 4.45. The summed E-state index contributed by atoms with van der Waals surface area (Å²) in [5.41, 5.74) is 10.8. The number of hydrogen-bond acceptors (Lipinski definition) is 4. The number of nitrogens with two attached hydrogens (primary N) is 1. The van der Waals surface area contributed by atoms with Crippen molar-refractivity contribution in [3.05, 3.63) is 41.5 Å². The number of anilines is 1. The van der Waals surface area contributed by atoms with Crippen LogP contribution in [-0.4, -0.2) is 42.3 Å². The third-order valence-electron chi connectivity index (χ3n) is 5.31. The zero-order chi connectivity index (χ0) is 17.1. The van der Waals surface area contributed by atoms with Crippen LogP contribution >= 0.6 is 0 Å². The number of likely N-dealkylation sites (tertiary alicyclic amines) is 1. The van der Waals surface area contributed by atoms with Crippen LogP contribution < -0.4 is 5.73 Å². The molecule has 0 saturated carbocycles. The molecule has 0 unspecified atom stereocenters. The molecule has 25 heavy (non-hydrogen) atoms. The highest BCUT2D eigenvalue weighted by atomic mass is 15.1. The molecule has 2 aromatic rings. The van der Waals surface area contributed by atoms with Crippen molar-refractivity contribution >= 4 is 28.5 Å². The second kappa shape index (κ2) is 7.36. The maximum Gasteiger partial charge on any atom is 0.127 e. The lowest BCUT2D eigenvalue weighted by Crippen LogP contribution is -2.30. The first-order chi connectivity index (χ1) is 12.3. The molecule has 4 nitrogen and oxygen atoms in total. The van der Waals surface area contributed by atoms with E-state index in [2.05, 4.69) is 45.2 Å². The van der Waals surface area contributed by atoms with E-state index in [0.29, 0.717) is 5.82 Å². The number of aryl methyl sites for hydroxylation is 1. The molecule has 4 heteroatoms. The monoisotopic (exact) mass is 334 g/mol. The molecule has 0 atom stereocenters. The molecular weight excluding hydrogens is 308 g/mol. The van der Waals surface area contributed by atoms with Gasteiger partial charge in [0, 0.05) is 11.6 Å². The Morgan fingerprint density at radius 2 is 1.96 bits per heavy atom. The van der Waals surface area contributed by atoms with Gasteiger partial charge in [-0.25, -0.2) is 4.98 Å². The average molecular weight is 334 g/mol. The van der Waals surface area contributed by atoms with Crippen molar-refractivity contribution in [2.24, 2.45) is 4.99 Å². The van der Waals surface area contributed by atoms with E-state index >= 15 is 0 Å². The second-order valence-corrected chi connectivity index (χ2v) is 7.13. The molecule has 0 amide bonds. The summed E-state index contributed by atoms with van der Waals surface area (Å²) in [4.78, 5) is 11.5. The lowest BCUT2D eigenvalue weighted by atomic mass is 10.0. The number of rotatable bonds is 5. The zero-order valence-corrected chi connectivity index (χ0v) is 14.7. The molecule has 130 valence electrons. The predicted octanol–water partition coefficient (Wildman–Crippen LogP) is 3.70. The fourth-order valence-electron chi connectivity index (χ4n) is 3.84. The van der Waals surface area contributed by atoms with E-state index in [0.717, 1.165) is 24.9 Å². The third kappa shape index (κ3) is 3.74. The molecule has 2 aliphatic rings. The molecule has 0 radical (unpaired) electrons. The van der Waals surface area contributed by atoms with Crippen molar-refractivity contribution in [2.45, 2.75) is 32.1 Å². The SMILES string of the molecule is Nc1nc2cc(C3=CC=NC3)ccc2cc1CCCN1CCCCC1. The quantitative estimate of drug-likeness (QED) is 0.907. The molecule has 3 heterocycles. The highest BCUT2D eigenvalue weighted by Gasteiger charge is 2.11. The molecule has 0 spiro atoms. The lowest BCUT2D eigenvalue weighted by Gasteiger charge is -2.26. The van der Waals surface area contributed by atoms with Gasteiger partial charge in [-0.2, -0.15) is 0 Å². The van der Waals surface area contributed by atoms with Gasteiger partial charge < -0.3 is 10.6 Å². The number of allylic oxidation sites excluding steroid dienone is 1. The summed E-state index contributed by atoms with van der Waals surface area (Å²) < 4.78 is 0. The van der Waals surface area contributed by atoms with E-state index in [1.807, 2.05) is 6.21 Å². The van der Waals surface area contributed by atoms with Crippen LogP contribution in [0.25, 0.3) is 16.5 Å². The first kappa shape index (κ1) is 16.3. The lowest BCUT2D eigenvalue weighted by molar-refractivity contribution is 0.226. The van der Waals surface area contributed by atoms with Crippen LogP contribution in [0, 0.1) is 0 Å². The molecule has 0 aliphatic carbocycles. The number of aliphatic imine (C=N–C) groups is 1. The zero-order valence-electron chi connectivity index (χ0n) is 14.7. The number of nitrogen functional groups attached to an aromatic ring is 1. The second-order valence-electron chi connectivity index (χ2n) is 7.13. The minimum absolute atomic E-state index is 0.681. The number of aromatic nitrogens is 1. The molecule has 4 rings (SSSR count). The van der Waals surface area contributed by atoms with Crippen molar-refractivity contribution in [1.82, 2.24) is 9.88 Å². The Morgan fingerprint density at radius 1 is 1.08 bits per heavy atom. The molecule has 1 aromatic heterocycles. The van der Waals surface area contributed by atoms with Crippen LogP contribution in [0.4, 0.5) is 5.82 Å². The van der Waals surface area contributed by atoms with E-state index in [4.69, 9.17) is 5.73 Å². The number of piperidine rings is 1. The molecule has 1 aromatic carbocycles. The number of nitrogens with zero attached hydrogens (tertiary/aromatic N) is 3. The van der Waals surface area contributed by atoms with Gasteiger partial charge in [0.25, 0.3) is 0 Å². The topological polar surface area (TPSA) is 54.5 Å². The normalized spacial score (nSPS) is 18.0. The van der Waals surface area contributed by atoms with Gasteiger partial charge in [-0.15, -0.1) is 0 Å². The minimum atomic E-state index is 0.681. The molecule has 1 fully saturated rings. The van der Waals surface area contributed by atoms with Crippen molar-refractivity contribution in [3.63, 3.8) is 0 Å². The Bertz CT molecular complexity index is 816. The third-order valence-corrected chi connectivity index (χ3v) is 5.31. The first-order valence-electron chi connectivity index (χ1n) is 9.40. The Labute approximate surface area is 149 Å². The average Bonchev–Trinajstić information content (AvgIpc) is 3.17. The van der Waals surface area contributed by atoms with Gasteiger partial charge in [-0.1, -0.05) is 18.6 Å². The summed E-state index contributed by atoms with van der Waals surface area (Å²) in [5, 5.41) is 1.17. The van der Waals surface area contributed by atoms with Crippen LogP contribution in [-0.2, 0) is 6.42 Å². The van der Waals surface area contributed by atoms with Crippen LogP contribution in [0.2, 0.25) is 0 Å². The fraction of sp³-hybridized carbons (Fsp3) is 0.429. The highest BCUT2D eigenvalue weighted by molar-refractivity contribution is 5.92. The fourth-order valence-corrected chi connectivity index (χ4v) is 3.84. The van der Waals surface area contributed by atoms with Gasteiger partial charge in [0.2, 0.25) is 0 Å². The number of fused-ring (bicyclic) bond motifs is 1. The van der Waals surface area contributed by atoms with E-state index in [1.165, 1.54) is 61.0 Å². The summed E-state index contributed by atoms with van der Waals surface area (Å²) in [7, 11) is 0. The van der Waals surface area contributed by atoms with E-state index in [-0.39, 0.29) is 0 Å². The summed E-state index contributed by atoms with van der Waals surface area (Å²) >= 11 is 0. The van der Waals surface area contributed by atoms with E-state index in [9.17, 15) is 0 Å². The summed E-state index contributed by atoms with van der Waals surface area (Å²) in [5.74, 6) is 0.681. The van der Waals surface area contributed by atoms with Gasteiger partial charge in [0.1, 0.15) is 5.82 Å². The maximum absolute atomic E-state index is 6.25. The van der Waals surface area contributed by atoms with E-state index < -0.39 is 0 Å². The molecule has 2 aliphatic heterocycles. The van der Waals surface area contributed by atoms with Gasteiger partial charge in [0.15, 0.2) is 0 Å². The van der Waals surface area contributed by atoms with Crippen molar-refractivity contribution in [2.75, 3.05) is 31.9 Å². The van der Waals surface area contributed by atoms with Crippen molar-refractivity contribution < 1.29 is 0 Å². The maximum atomic E-state index is 6.25. The Balaban J connectivity index is 1.46. The first-order valence-corrected chi connectivity index (χ1v) is 9.40. The van der Waals surface area contributed by atoms with E-state index in [1.54, 1.807) is 0 Å². The smallest absolute Gasteiger partial charge is 0.127 e. The van der Waals surface area contributed by atoms with Gasteiger partial charge in [0.05, 0.1) is 12.1 Å². The van der Waals surface area contributed by atoms with Crippen molar-refractivity contribution in [1.29, 1.82) is 0 Å². The Morgan fingerprint density at radius 3 is 2.76 bits per heavy atom. The largest absolute Gasteiger partial charge is 0.383 e. The van der Waals surface area contributed by atoms with Gasteiger partial charge >= 0.3 is 0 Å². The van der Waals surface area contributed by atoms with Crippen LogP contribution in [0.3, 0.4) is 0 Å². The standard InChI is InChI=1S/C21H26N4/c22-21-18(5-4-12-25-10-2-1-3-11-25)13-17-7-6-16(14-20(17)24-21)19-8-9-23-15-19/h6-9,13-14H,1-5,10-12,15H2,(H2,22,24). The summed E-state index contributed by atoms with van der Waals surface area (Å²) in [6.07, 6.45) is 10.2. The molecule has 2 N–H and O–H groups in total. The predicted molar refractivity (Wildman–Crippen MR) is 106 cm³/mol. The molecule has 0 bridgehead atoms. The number of pyridine rings is 1. The van der Waals surface area contributed by atoms with Crippen LogP contribution in [0.15, 0.2) is 35.3 Å². The highest BCUT2D eigenvalue weighted by Crippen LogP contribution is 2.25. The number of benzene rings is 1. The minimum Gasteiger partial charge on any atom is -0.383 e. The molecular formula is C21H26N4. The van der Waals surface area contributed by atoms with Crippen LogP contribution in [0.1, 0.15) is 36.8 Å². The number of hydrogen-bond donors (Lipinski definition) is 1.